The molecule has 0 radical (unpaired) electrons. The van der Waals surface area contributed by atoms with Crippen LogP contribution in [0.3, 0.4) is 0 Å². The van der Waals surface area contributed by atoms with Crippen LogP contribution in [0, 0.1) is 6.92 Å². The molecule has 128 valence electrons. The van der Waals surface area contributed by atoms with Crippen LogP contribution in [-0.4, -0.2) is 31.3 Å². The second-order valence-electron chi connectivity index (χ2n) is 6.41. The van der Waals surface area contributed by atoms with Crippen molar-refractivity contribution in [2.75, 3.05) is 25.1 Å². The molecule has 0 unspecified atom stereocenters. The Morgan fingerprint density at radius 1 is 1.20 bits per heavy atom. The third kappa shape index (κ3) is 2.91. The van der Waals surface area contributed by atoms with Gasteiger partial charge in [-0.25, -0.2) is 4.79 Å². The summed E-state index contributed by atoms with van der Waals surface area (Å²) < 4.78 is 10.8. The first-order valence-electron chi connectivity index (χ1n) is 8.44. The molecule has 1 aliphatic heterocycles. The minimum absolute atomic E-state index is 0.225. The largest absolute Gasteiger partial charge is 0.404 e. The molecule has 4 rings (SSSR count). The molecule has 0 spiro atoms. The maximum atomic E-state index is 12.1. The lowest BCUT2D eigenvalue weighted by Gasteiger charge is -2.17. The standard InChI is InChI=1S/C20H20N2O3/c1-13-5-3-4-6-15(13)17-11-19(23)25-20-16(17)7-8-18(21-20)22-10-9-14(12-22)24-2/h3-8,11,14H,9-10,12H2,1-2H3/t14-/m1/s1. The molecular formula is C20H20N2O3. The van der Waals surface area contributed by atoms with Gasteiger partial charge >= 0.3 is 5.63 Å². The molecule has 3 aromatic rings. The number of hydrogen-bond donors (Lipinski definition) is 0. The number of nitrogens with zero attached hydrogens (tertiary/aromatic N) is 2. The van der Waals surface area contributed by atoms with E-state index < -0.39 is 0 Å². The van der Waals surface area contributed by atoms with E-state index >= 15 is 0 Å². The highest BCUT2D eigenvalue weighted by Crippen LogP contribution is 2.30. The summed E-state index contributed by atoms with van der Waals surface area (Å²) in [6.07, 6.45) is 1.20. The molecule has 5 nitrogen and oxygen atoms in total. The number of hydrogen-bond acceptors (Lipinski definition) is 5. The molecular weight excluding hydrogens is 316 g/mol. The van der Waals surface area contributed by atoms with Gasteiger partial charge in [-0.05, 0) is 36.6 Å². The fourth-order valence-electron chi connectivity index (χ4n) is 3.44. The van der Waals surface area contributed by atoms with Gasteiger partial charge in [-0.2, -0.15) is 4.98 Å². The molecule has 1 saturated heterocycles. The second-order valence-corrected chi connectivity index (χ2v) is 6.41. The molecule has 5 heteroatoms. The van der Waals surface area contributed by atoms with E-state index in [1.54, 1.807) is 13.2 Å². The van der Waals surface area contributed by atoms with E-state index in [0.29, 0.717) is 5.71 Å². The van der Waals surface area contributed by atoms with Crippen molar-refractivity contribution < 1.29 is 9.15 Å². The van der Waals surface area contributed by atoms with Crippen LogP contribution in [0.5, 0.6) is 0 Å². The van der Waals surface area contributed by atoms with Gasteiger partial charge < -0.3 is 14.1 Å². The lowest BCUT2D eigenvalue weighted by molar-refractivity contribution is 0.121. The molecule has 0 bridgehead atoms. The number of aryl methyl sites for hydroxylation is 1. The zero-order valence-corrected chi connectivity index (χ0v) is 14.4. The maximum Gasteiger partial charge on any atom is 0.338 e. The molecule has 3 heterocycles. The summed E-state index contributed by atoms with van der Waals surface area (Å²) >= 11 is 0. The fraction of sp³-hybridized carbons (Fsp3) is 0.300. The van der Waals surface area contributed by atoms with E-state index in [0.717, 1.165) is 47.4 Å². The Hall–Kier alpha value is -2.66. The number of rotatable bonds is 3. The molecule has 0 amide bonds. The SMILES string of the molecule is CO[C@@H]1CCN(c2ccc3c(-c4ccccc4C)cc(=O)oc3n2)C1. The minimum atomic E-state index is -0.383. The summed E-state index contributed by atoms with van der Waals surface area (Å²) in [4.78, 5) is 18.8. The van der Waals surface area contributed by atoms with Gasteiger partial charge in [0.15, 0.2) is 0 Å². The van der Waals surface area contributed by atoms with E-state index in [2.05, 4.69) is 9.88 Å². The predicted octanol–water partition coefficient (Wildman–Crippen LogP) is 3.39. The highest BCUT2D eigenvalue weighted by Gasteiger charge is 2.23. The molecule has 25 heavy (non-hydrogen) atoms. The molecule has 1 aromatic carbocycles. The van der Waals surface area contributed by atoms with Crippen LogP contribution >= 0.6 is 0 Å². The normalized spacial score (nSPS) is 17.4. The third-order valence-corrected chi connectivity index (χ3v) is 4.83. The Kier molecular flexibility index (Phi) is 4.01. The summed E-state index contributed by atoms with van der Waals surface area (Å²) in [5.74, 6) is 0.817. The highest BCUT2D eigenvalue weighted by atomic mass is 16.5. The Labute approximate surface area is 145 Å². The van der Waals surface area contributed by atoms with Gasteiger partial charge in [0.25, 0.3) is 0 Å². The first-order chi connectivity index (χ1) is 12.2. The lowest BCUT2D eigenvalue weighted by atomic mass is 9.99. The van der Waals surface area contributed by atoms with Gasteiger partial charge in [0.2, 0.25) is 5.71 Å². The summed E-state index contributed by atoms with van der Waals surface area (Å²) in [6, 6.07) is 13.5. The molecule has 1 fully saturated rings. The first kappa shape index (κ1) is 15.8. The average Bonchev–Trinajstić information content (AvgIpc) is 3.10. The first-order valence-corrected chi connectivity index (χ1v) is 8.44. The smallest absolute Gasteiger partial charge is 0.338 e. The number of aromatic nitrogens is 1. The maximum absolute atomic E-state index is 12.1. The zero-order chi connectivity index (χ0) is 17.4. The number of anilines is 1. The van der Waals surface area contributed by atoms with Gasteiger partial charge in [0, 0.05) is 37.2 Å². The topological polar surface area (TPSA) is 55.6 Å². The fourth-order valence-corrected chi connectivity index (χ4v) is 3.44. The van der Waals surface area contributed by atoms with Crippen molar-refractivity contribution in [3.05, 3.63) is 58.4 Å². The average molecular weight is 336 g/mol. The molecule has 1 aliphatic rings. The van der Waals surface area contributed by atoms with Crippen molar-refractivity contribution in [1.82, 2.24) is 4.98 Å². The number of pyridine rings is 1. The summed E-state index contributed by atoms with van der Waals surface area (Å²) in [5, 5.41) is 0.847. The Balaban J connectivity index is 1.82. The lowest BCUT2D eigenvalue weighted by Crippen LogP contribution is -2.23. The van der Waals surface area contributed by atoms with E-state index in [1.807, 2.05) is 43.3 Å². The number of methoxy groups -OCH3 is 1. The quantitative estimate of drug-likeness (QED) is 0.734. The third-order valence-electron chi connectivity index (χ3n) is 4.83. The van der Waals surface area contributed by atoms with E-state index in [1.165, 1.54) is 0 Å². The van der Waals surface area contributed by atoms with Crippen LogP contribution < -0.4 is 10.5 Å². The van der Waals surface area contributed by atoms with E-state index in [9.17, 15) is 4.79 Å². The van der Waals surface area contributed by atoms with Crippen molar-refractivity contribution in [3.63, 3.8) is 0 Å². The van der Waals surface area contributed by atoms with Gasteiger partial charge in [0.05, 0.1) is 6.10 Å². The molecule has 0 N–H and O–H groups in total. The van der Waals surface area contributed by atoms with Gasteiger partial charge in [0.1, 0.15) is 5.82 Å². The van der Waals surface area contributed by atoms with Crippen molar-refractivity contribution in [2.24, 2.45) is 0 Å². The Morgan fingerprint density at radius 2 is 2.04 bits per heavy atom. The van der Waals surface area contributed by atoms with Gasteiger partial charge in [-0.3, -0.25) is 0 Å². The predicted molar refractivity (Wildman–Crippen MR) is 98.1 cm³/mol. The van der Waals surface area contributed by atoms with E-state index in [-0.39, 0.29) is 11.7 Å². The number of fused-ring (bicyclic) bond motifs is 1. The highest BCUT2D eigenvalue weighted by molar-refractivity contribution is 5.92. The van der Waals surface area contributed by atoms with Crippen molar-refractivity contribution in [1.29, 1.82) is 0 Å². The van der Waals surface area contributed by atoms with Crippen LogP contribution in [0.15, 0.2) is 51.7 Å². The van der Waals surface area contributed by atoms with Crippen LogP contribution in [0.1, 0.15) is 12.0 Å². The molecule has 1 atom stereocenters. The van der Waals surface area contributed by atoms with Crippen LogP contribution in [0.2, 0.25) is 0 Å². The van der Waals surface area contributed by atoms with Crippen molar-refractivity contribution in [3.8, 4) is 11.1 Å². The molecule has 0 saturated carbocycles. The minimum Gasteiger partial charge on any atom is -0.404 e. The summed E-state index contributed by atoms with van der Waals surface area (Å²) in [5.41, 5.74) is 2.99. The monoisotopic (exact) mass is 336 g/mol. The zero-order valence-electron chi connectivity index (χ0n) is 14.4. The summed E-state index contributed by atoms with van der Waals surface area (Å²) in [6.45, 7) is 3.72. The number of ether oxygens (including phenoxy) is 1. The van der Waals surface area contributed by atoms with E-state index in [4.69, 9.17) is 9.15 Å². The molecule has 0 aliphatic carbocycles. The second kappa shape index (κ2) is 6.33. The Bertz CT molecular complexity index is 980. The van der Waals surface area contributed by atoms with Gasteiger partial charge in [-0.1, -0.05) is 24.3 Å². The molecule has 2 aromatic heterocycles. The van der Waals surface area contributed by atoms with Crippen molar-refractivity contribution in [2.45, 2.75) is 19.4 Å². The van der Waals surface area contributed by atoms with Crippen LogP contribution in [0.25, 0.3) is 22.2 Å². The Morgan fingerprint density at radius 3 is 2.80 bits per heavy atom. The van der Waals surface area contributed by atoms with Crippen LogP contribution in [0.4, 0.5) is 5.82 Å². The van der Waals surface area contributed by atoms with Crippen LogP contribution in [-0.2, 0) is 4.74 Å². The number of benzene rings is 1. The summed E-state index contributed by atoms with van der Waals surface area (Å²) in [7, 11) is 1.73. The van der Waals surface area contributed by atoms with Crippen molar-refractivity contribution >= 4 is 16.9 Å². The van der Waals surface area contributed by atoms with Gasteiger partial charge in [-0.15, -0.1) is 0 Å².